The van der Waals surface area contributed by atoms with Gasteiger partial charge in [0, 0.05) is 12.6 Å². The van der Waals surface area contributed by atoms with E-state index in [4.69, 9.17) is 0 Å². The van der Waals surface area contributed by atoms with Crippen molar-refractivity contribution in [2.45, 2.75) is 5.16 Å². The van der Waals surface area contributed by atoms with Gasteiger partial charge in [0.2, 0.25) is 5.91 Å². The number of halogens is 1. The quantitative estimate of drug-likeness (QED) is 0.693. The number of benzene rings is 1. The molecule has 0 atom stereocenters. The van der Waals surface area contributed by atoms with Gasteiger partial charge in [-0.15, -0.1) is 21.5 Å². The van der Waals surface area contributed by atoms with Crippen molar-refractivity contribution in [1.29, 1.82) is 0 Å². The molecule has 0 saturated heterocycles. The first-order chi connectivity index (χ1) is 12.0. The SMILES string of the molecule is Cn1c(SCC(=O)NC(=O)c2cccs2)nnc1-c1ccc(F)cc1. The van der Waals surface area contributed by atoms with Gasteiger partial charge in [0.15, 0.2) is 11.0 Å². The summed E-state index contributed by atoms with van der Waals surface area (Å²) < 4.78 is 14.7. The van der Waals surface area contributed by atoms with Crippen molar-refractivity contribution in [1.82, 2.24) is 20.1 Å². The van der Waals surface area contributed by atoms with Gasteiger partial charge in [-0.1, -0.05) is 17.8 Å². The lowest BCUT2D eigenvalue weighted by molar-refractivity contribution is -0.117. The summed E-state index contributed by atoms with van der Waals surface area (Å²) in [5.74, 6) is -0.544. The highest BCUT2D eigenvalue weighted by molar-refractivity contribution is 7.99. The van der Waals surface area contributed by atoms with Crippen LogP contribution in [0.1, 0.15) is 9.67 Å². The molecule has 0 saturated carbocycles. The summed E-state index contributed by atoms with van der Waals surface area (Å²) in [7, 11) is 1.76. The van der Waals surface area contributed by atoms with Crippen LogP contribution < -0.4 is 5.32 Å². The number of thiophene rings is 1. The van der Waals surface area contributed by atoms with Gasteiger partial charge in [0.05, 0.1) is 10.6 Å². The predicted molar refractivity (Wildman–Crippen MR) is 93.9 cm³/mol. The fraction of sp³-hybridized carbons (Fsp3) is 0.125. The van der Waals surface area contributed by atoms with Crippen molar-refractivity contribution in [3.63, 3.8) is 0 Å². The first kappa shape index (κ1) is 17.3. The fourth-order valence-electron chi connectivity index (χ4n) is 2.05. The minimum absolute atomic E-state index is 0.0342. The number of nitrogens with zero attached hydrogens (tertiary/aromatic N) is 3. The van der Waals surface area contributed by atoms with Crippen LogP contribution in [-0.4, -0.2) is 32.3 Å². The van der Waals surface area contributed by atoms with E-state index in [9.17, 15) is 14.0 Å². The molecule has 1 N–H and O–H groups in total. The first-order valence-electron chi connectivity index (χ1n) is 7.20. The number of imide groups is 1. The van der Waals surface area contributed by atoms with Crippen LogP contribution in [-0.2, 0) is 11.8 Å². The van der Waals surface area contributed by atoms with Crippen molar-refractivity contribution >= 4 is 34.9 Å². The lowest BCUT2D eigenvalue weighted by Gasteiger charge is -2.04. The molecule has 0 bridgehead atoms. The van der Waals surface area contributed by atoms with Crippen LogP contribution in [0, 0.1) is 5.82 Å². The normalized spacial score (nSPS) is 10.6. The molecule has 0 aliphatic rings. The van der Waals surface area contributed by atoms with E-state index in [1.807, 2.05) is 0 Å². The molecule has 128 valence electrons. The molecule has 0 aliphatic heterocycles. The minimum atomic E-state index is -0.412. The topological polar surface area (TPSA) is 76.9 Å². The van der Waals surface area contributed by atoms with Crippen molar-refractivity contribution in [3.8, 4) is 11.4 Å². The van der Waals surface area contributed by atoms with Gasteiger partial charge >= 0.3 is 0 Å². The third-order valence-electron chi connectivity index (χ3n) is 3.27. The van der Waals surface area contributed by atoms with Gasteiger partial charge in [-0.25, -0.2) is 4.39 Å². The van der Waals surface area contributed by atoms with Crippen LogP contribution in [0.25, 0.3) is 11.4 Å². The standard InChI is InChI=1S/C16H13FN4O2S2/c1-21-14(10-4-6-11(17)7-5-10)19-20-16(21)25-9-13(22)18-15(23)12-3-2-8-24-12/h2-8H,9H2,1H3,(H,18,22,23). The van der Waals surface area contributed by atoms with E-state index in [-0.39, 0.29) is 11.6 Å². The predicted octanol–water partition coefficient (Wildman–Crippen LogP) is 2.73. The van der Waals surface area contributed by atoms with Crippen molar-refractivity contribution in [2.75, 3.05) is 5.75 Å². The van der Waals surface area contributed by atoms with Crippen LogP contribution in [0.5, 0.6) is 0 Å². The van der Waals surface area contributed by atoms with E-state index in [0.717, 1.165) is 5.56 Å². The molecule has 2 aromatic heterocycles. The number of hydrogen-bond donors (Lipinski definition) is 1. The molecule has 2 amide bonds. The van der Waals surface area contributed by atoms with Crippen LogP contribution in [0.2, 0.25) is 0 Å². The molecule has 0 fully saturated rings. The summed E-state index contributed by atoms with van der Waals surface area (Å²) in [5.41, 5.74) is 0.723. The number of rotatable bonds is 5. The average Bonchev–Trinajstić information content (AvgIpc) is 3.24. The molecule has 6 nitrogen and oxygen atoms in total. The summed E-state index contributed by atoms with van der Waals surface area (Å²) in [5, 5.41) is 12.7. The number of thioether (sulfide) groups is 1. The Morgan fingerprint density at radius 1 is 1.24 bits per heavy atom. The fourth-order valence-corrected chi connectivity index (χ4v) is 3.38. The number of carbonyl (C=O) groups is 2. The largest absolute Gasteiger partial charge is 0.305 e. The van der Waals surface area contributed by atoms with Crippen molar-refractivity contribution in [2.24, 2.45) is 7.05 Å². The molecular weight excluding hydrogens is 363 g/mol. The van der Waals surface area contributed by atoms with Crippen LogP contribution in [0.15, 0.2) is 46.9 Å². The molecule has 0 unspecified atom stereocenters. The second-order valence-electron chi connectivity index (χ2n) is 5.02. The van der Waals surface area contributed by atoms with Crippen molar-refractivity contribution < 1.29 is 14.0 Å². The number of hydrogen-bond acceptors (Lipinski definition) is 6. The molecule has 1 aromatic carbocycles. The zero-order valence-electron chi connectivity index (χ0n) is 13.1. The van der Waals surface area contributed by atoms with E-state index in [2.05, 4.69) is 15.5 Å². The Labute approximate surface area is 151 Å². The highest BCUT2D eigenvalue weighted by Crippen LogP contribution is 2.22. The molecule has 3 aromatic rings. The molecule has 0 spiro atoms. The van der Waals surface area contributed by atoms with Gasteiger partial charge in [-0.05, 0) is 35.7 Å². The van der Waals surface area contributed by atoms with Gasteiger partial charge in [0.25, 0.3) is 5.91 Å². The number of nitrogens with one attached hydrogen (secondary N) is 1. The van der Waals surface area contributed by atoms with Gasteiger partial charge in [-0.2, -0.15) is 0 Å². The molecule has 2 heterocycles. The Kier molecular flexibility index (Phi) is 5.25. The Morgan fingerprint density at radius 3 is 2.68 bits per heavy atom. The van der Waals surface area contributed by atoms with Gasteiger partial charge in [-0.3, -0.25) is 14.9 Å². The zero-order chi connectivity index (χ0) is 17.8. The van der Waals surface area contributed by atoms with Crippen LogP contribution in [0.4, 0.5) is 4.39 Å². The van der Waals surface area contributed by atoms with Crippen molar-refractivity contribution in [3.05, 3.63) is 52.5 Å². The molecule has 0 radical (unpaired) electrons. The van der Waals surface area contributed by atoms with E-state index in [1.165, 1.54) is 35.2 Å². The Hall–Kier alpha value is -2.52. The van der Waals surface area contributed by atoms with Crippen LogP contribution in [0.3, 0.4) is 0 Å². The number of amides is 2. The lowest BCUT2D eigenvalue weighted by Crippen LogP contribution is -2.31. The summed E-state index contributed by atoms with van der Waals surface area (Å²) in [4.78, 5) is 24.2. The summed E-state index contributed by atoms with van der Waals surface area (Å²) in [6, 6.07) is 9.31. The Bertz CT molecular complexity index is 892. The average molecular weight is 376 g/mol. The highest BCUT2D eigenvalue weighted by Gasteiger charge is 2.15. The monoisotopic (exact) mass is 376 g/mol. The molecule has 0 aliphatic carbocycles. The maximum absolute atomic E-state index is 13.0. The Balaban J connectivity index is 1.61. The third kappa shape index (κ3) is 4.12. The smallest absolute Gasteiger partial charge is 0.267 e. The van der Waals surface area contributed by atoms with Gasteiger partial charge in [0.1, 0.15) is 5.82 Å². The van der Waals surface area contributed by atoms with Crippen LogP contribution >= 0.6 is 23.1 Å². The summed E-state index contributed by atoms with van der Waals surface area (Å²) in [6.07, 6.45) is 0. The summed E-state index contributed by atoms with van der Waals surface area (Å²) in [6.45, 7) is 0. The second-order valence-corrected chi connectivity index (χ2v) is 6.91. The third-order valence-corrected chi connectivity index (χ3v) is 5.16. The first-order valence-corrected chi connectivity index (χ1v) is 9.07. The van der Waals surface area contributed by atoms with E-state index < -0.39 is 11.8 Å². The van der Waals surface area contributed by atoms with E-state index in [1.54, 1.807) is 41.3 Å². The number of aromatic nitrogens is 3. The summed E-state index contributed by atoms with van der Waals surface area (Å²) >= 11 is 2.44. The zero-order valence-corrected chi connectivity index (χ0v) is 14.7. The molecule has 3 rings (SSSR count). The van der Waals surface area contributed by atoms with Gasteiger partial charge < -0.3 is 4.57 Å². The highest BCUT2D eigenvalue weighted by atomic mass is 32.2. The molecular formula is C16H13FN4O2S2. The van der Waals surface area contributed by atoms with E-state index in [0.29, 0.717) is 15.9 Å². The maximum atomic E-state index is 13.0. The number of carbonyl (C=O) groups excluding carboxylic acids is 2. The molecule has 9 heteroatoms. The molecule has 25 heavy (non-hydrogen) atoms. The Morgan fingerprint density at radius 2 is 2.00 bits per heavy atom. The minimum Gasteiger partial charge on any atom is -0.305 e. The maximum Gasteiger partial charge on any atom is 0.267 e. The lowest BCUT2D eigenvalue weighted by atomic mass is 10.2. The van der Waals surface area contributed by atoms with E-state index >= 15 is 0 Å². The second kappa shape index (κ2) is 7.58.